The molecule has 0 fully saturated rings. The fourth-order valence-corrected chi connectivity index (χ4v) is 4.86. The molecule has 0 spiro atoms. The molecule has 0 bridgehead atoms. The lowest BCUT2D eigenvalue weighted by Gasteiger charge is -2.33. The van der Waals surface area contributed by atoms with E-state index in [9.17, 15) is 28.1 Å². The fourth-order valence-electron chi connectivity index (χ4n) is 4.34. The molecule has 13 nitrogen and oxygen atoms in total. The third-order valence-corrected chi connectivity index (χ3v) is 7.18. The summed E-state index contributed by atoms with van der Waals surface area (Å²) in [7, 11) is -3.93. The van der Waals surface area contributed by atoms with Gasteiger partial charge >= 0.3 is 0 Å². The standard InChI is InChI=1S/C27H31N7O6S/c28-25(35)23(12-7-17-31-27(29)32-34(37)38)33(18-19-13-15-22(16-14-19)41(30,39)40)26(36)24(20-8-3-1-4-9-20)21-10-5-2-6-11-21/h1-6,8-11,13-16,23-24H,7,12,17-18H2,(H2,28,35)(H3,29,31,32)(H2,30,39,40)/t23-/m1/s1. The average Bonchev–Trinajstić information content (AvgIpc) is 2.92. The number of guanidine groups is 1. The Balaban J connectivity index is 1.99. The van der Waals surface area contributed by atoms with Gasteiger partial charge < -0.3 is 21.7 Å². The van der Waals surface area contributed by atoms with Crippen LogP contribution in [0.25, 0.3) is 0 Å². The van der Waals surface area contributed by atoms with Gasteiger partial charge in [0.15, 0.2) is 5.03 Å². The van der Waals surface area contributed by atoms with Gasteiger partial charge in [-0.2, -0.15) is 0 Å². The van der Waals surface area contributed by atoms with E-state index in [0.29, 0.717) is 16.7 Å². The van der Waals surface area contributed by atoms with E-state index in [1.165, 1.54) is 29.2 Å². The molecule has 41 heavy (non-hydrogen) atoms. The Morgan fingerprint density at radius 2 is 1.46 bits per heavy atom. The number of rotatable bonds is 13. The van der Waals surface area contributed by atoms with Crippen LogP contribution >= 0.6 is 0 Å². The highest BCUT2D eigenvalue weighted by molar-refractivity contribution is 7.89. The number of benzene rings is 3. The summed E-state index contributed by atoms with van der Waals surface area (Å²) < 4.78 is 23.4. The van der Waals surface area contributed by atoms with Crippen LogP contribution in [0.15, 0.2) is 94.9 Å². The number of nitrogens with one attached hydrogen (secondary N) is 1. The highest BCUT2D eigenvalue weighted by Gasteiger charge is 2.34. The molecule has 0 saturated carbocycles. The third kappa shape index (κ3) is 8.84. The number of hydrazone groups is 1. The van der Waals surface area contributed by atoms with Crippen molar-refractivity contribution in [2.45, 2.75) is 36.2 Å². The molecule has 2 amide bonds. The van der Waals surface area contributed by atoms with Gasteiger partial charge in [0, 0.05) is 13.1 Å². The number of primary sulfonamides is 1. The molecule has 0 heterocycles. The molecule has 14 heteroatoms. The third-order valence-electron chi connectivity index (χ3n) is 6.26. The van der Waals surface area contributed by atoms with Crippen molar-refractivity contribution in [1.29, 1.82) is 0 Å². The van der Waals surface area contributed by atoms with Crippen molar-refractivity contribution in [2.24, 2.45) is 21.7 Å². The minimum Gasteiger partial charge on any atom is -0.368 e. The van der Waals surface area contributed by atoms with Gasteiger partial charge in [0.05, 0.1) is 10.8 Å². The van der Waals surface area contributed by atoms with Crippen molar-refractivity contribution in [3.63, 3.8) is 0 Å². The van der Waals surface area contributed by atoms with E-state index in [4.69, 9.17) is 16.6 Å². The molecule has 1 atom stereocenters. The van der Waals surface area contributed by atoms with Gasteiger partial charge in [0.2, 0.25) is 21.8 Å². The van der Waals surface area contributed by atoms with Gasteiger partial charge in [-0.05, 0) is 41.7 Å². The molecule has 0 unspecified atom stereocenters. The molecule has 0 aliphatic rings. The van der Waals surface area contributed by atoms with Crippen LogP contribution in [0.1, 0.15) is 35.4 Å². The van der Waals surface area contributed by atoms with Crippen LogP contribution < -0.4 is 21.9 Å². The molecule has 0 aliphatic heterocycles. The number of amides is 2. The van der Waals surface area contributed by atoms with E-state index in [1.54, 1.807) is 0 Å². The zero-order valence-corrected chi connectivity index (χ0v) is 22.8. The van der Waals surface area contributed by atoms with Crippen LogP contribution in [-0.2, 0) is 26.2 Å². The Bertz CT molecular complexity index is 1440. The summed E-state index contributed by atoms with van der Waals surface area (Å²) in [4.78, 5) is 38.9. The monoisotopic (exact) mass is 581 g/mol. The number of sulfonamides is 1. The molecule has 0 saturated heterocycles. The maximum Gasteiger partial charge on any atom is 0.266 e. The van der Waals surface area contributed by atoms with Crippen molar-refractivity contribution in [3.05, 3.63) is 112 Å². The van der Waals surface area contributed by atoms with Gasteiger partial charge in [-0.15, -0.1) is 0 Å². The first kappa shape index (κ1) is 30.7. The Labute approximate surface area is 237 Å². The molecule has 7 N–H and O–H groups in total. The number of nitro groups is 1. The van der Waals surface area contributed by atoms with Gasteiger partial charge in [0.1, 0.15) is 11.1 Å². The largest absolute Gasteiger partial charge is 0.368 e. The highest BCUT2D eigenvalue weighted by atomic mass is 32.2. The normalized spacial score (nSPS) is 12.5. The van der Waals surface area contributed by atoms with Crippen molar-refractivity contribution in [1.82, 2.24) is 10.2 Å². The van der Waals surface area contributed by atoms with Gasteiger partial charge in [-0.1, -0.05) is 72.8 Å². The number of nitrogens with zero attached hydrogens (tertiary/aromatic N) is 3. The molecule has 0 radical (unpaired) electrons. The van der Waals surface area contributed by atoms with E-state index in [-0.39, 0.29) is 30.8 Å². The summed E-state index contributed by atoms with van der Waals surface area (Å²) in [6, 6.07) is 22.7. The second-order valence-electron chi connectivity index (χ2n) is 9.12. The maximum absolute atomic E-state index is 14.4. The summed E-state index contributed by atoms with van der Waals surface area (Å²) >= 11 is 0. The SMILES string of the molecule is NC(=O)[C@@H](CCCNC(N)=N[N+](=O)[O-])N(Cc1ccc(S(N)(=O)=O)cc1)C(=O)C(c1ccccc1)c1ccccc1. The zero-order chi connectivity index (χ0) is 30.0. The first-order valence-corrected chi connectivity index (χ1v) is 14.1. The molecule has 3 aromatic rings. The van der Waals surface area contributed by atoms with Gasteiger partial charge in [-0.3, -0.25) is 9.59 Å². The first-order valence-electron chi connectivity index (χ1n) is 12.5. The summed E-state index contributed by atoms with van der Waals surface area (Å²) in [6.45, 7) is 0.0602. The topological polar surface area (TPSA) is 217 Å². The summed E-state index contributed by atoms with van der Waals surface area (Å²) in [5, 5.41) is 20.3. The molecule has 216 valence electrons. The smallest absolute Gasteiger partial charge is 0.266 e. The molecule has 3 aromatic carbocycles. The second-order valence-corrected chi connectivity index (χ2v) is 10.7. The minimum atomic E-state index is -3.93. The van der Waals surface area contributed by atoms with Crippen LogP contribution in [0, 0.1) is 10.1 Å². The van der Waals surface area contributed by atoms with Crippen LogP contribution in [0.3, 0.4) is 0 Å². The number of carbonyl (C=O) groups is 2. The molecule has 0 aromatic heterocycles. The Kier molecular flexibility index (Phi) is 10.5. The van der Waals surface area contributed by atoms with E-state index < -0.39 is 44.8 Å². The van der Waals surface area contributed by atoms with E-state index in [0.717, 1.165) is 0 Å². The number of nitrogens with two attached hydrogens (primary N) is 3. The van der Waals surface area contributed by atoms with E-state index in [2.05, 4.69) is 10.4 Å². The lowest BCUT2D eigenvalue weighted by molar-refractivity contribution is -0.485. The van der Waals surface area contributed by atoms with Crippen LogP contribution in [0.2, 0.25) is 0 Å². The number of hydrogen-bond acceptors (Lipinski definition) is 6. The second kappa shape index (κ2) is 14.0. The molecular formula is C27H31N7O6S. The quantitative estimate of drug-likeness (QED) is 0.0754. The Morgan fingerprint density at radius 3 is 1.93 bits per heavy atom. The highest BCUT2D eigenvalue weighted by Crippen LogP contribution is 2.29. The number of hydrogen-bond donors (Lipinski definition) is 4. The summed E-state index contributed by atoms with van der Waals surface area (Å²) in [5.41, 5.74) is 13.2. The van der Waals surface area contributed by atoms with Crippen molar-refractivity contribution < 1.29 is 23.0 Å². The Hall–Kier alpha value is -4.82. The summed E-state index contributed by atoms with van der Waals surface area (Å²) in [5.74, 6) is -2.33. The van der Waals surface area contributed by atoms with Crippen molar-refractivity contribution >= 4 is 27.8 Å². The van der Waals surface area contributed by atoms with Crippen LogP contribution in [0.5, 0.6) is 0 Å². The lowest BCUT2D eigenvalue weighted by Crippen LogP contribution is -2.49. The maximum atomic E-state index is 14.4. The van der Waals surface area contributed by atoms with E-state index in [1.807, 2.05) is 60.7 Å². The minimum absolute atomic E-state index is 0.0636. The molecule has 3 rings (SSSR count). The van der Waals surface area contributed by atoms with Crippen LogP contribution in [0.4, 0.5) is 0 Å². The lowest BCUT2D eigenvalue weighted by atomic mass is 9.89. The van der Waals surface area contributed by atoms with Crippen molar-refractivity contribution in [2.75, 3.05) is 6.54 Å². The van der Waals surface area contributed by atoms with Gasteiger partial charge in [0.25, 0.3) is 5.96 Å². The fraction of sp³-hybridized carbons (Fsp3) is 0.222. The molecular weight excluding hydrogens is 550 g/mol. The summed E-state index contributed by atoms with van der Waals surface area (Å²) in [6.07, 6.45) is 0.363. The van der Waals surface area contributed by atoms with Gasteiger partial charge in [-0.25, -0.2) is 23.7 Å². The molecule has 0 aliphatic carbocycles. The number of carbonyl (C=O) groups excluding carboxylic acids is 2. The van der Waals surface area contributed by atoms with Crippen LogP contribution in [-0.4, -0.2) is 48.7 Å². The Morgan fingerprint density at radius 1 is 0.927 bits per heavy atom. The predicted molar refractivity (Wildman–Crippen MR) is 152 cm³/mol. The van der Waals surface area contributed by atoms with E-state index >= 15 is 0 Å². The predicted octanol–water partition coefficient (Wildman–Crippen LogP) is 1.22. The zero-order valence-electron chi connectivity index (χ0n) is 22.0. The number of primary amides is 1. The first-order chi connectivity index (χ1) is 19.5. The van der Waals surface area contributed by atoms with Crippen molar-refractivity contribution in [3.8, 4) is 0 Å². The average molecular weight is 582 g/mol.